The highest BCUT2D eigenvalue weighted by Gasteiger charge is 2.20. The fourth-order valence-electron chi connectivity index (χ4n) is 2.27. The van der Waals surface area contributed by atoms with Gasteiger partial charge < -0.3 is 10.7 Å². The number of aromatic nitrogens is 5. The molecule has 0 saturated heterocycles. The Morgan fingerprint density at radius 1 is 1.32 bits per heavy atom. The Morgan fingerprint density at radius 3 is 2.68 bits per heavy atom. The minimum Gasteiger partial charge on any atom is -0.364 e. The van der Waals surface area contributed by atoms with Crippen molar-refractivity contribution in [1.82, 2.24) is 24.5 Å². The number of carbonyl (C=O) groups is 1. The molecule has 8 heteroatoms. The van der Waals surface area contributed by atoms with E-state index < -0.39 is 5.91 Å². The fraction of sp³-hybridized carbons (Fsp3) is 0.214. The van der Waals surface area contributed by atoms with Gasteiger partial charge in [0.2, 0.25) is 0 Å². The number of rotatable bonds is 3. The molecule has 0 aliphatic heterocycles. The third kappa shape index (κ3) is 2.14. The maximum Gasteiger partial charge on any atom is 0.327 e. The quantitative estimate of drug-likeness (QED) is 0.743. The van der Waals surface area contributed by atoms with Gasteiger partial charge in [0.1, 0.15) is 11.2 Å². The Morgan fingerprint density at radius 2 is 2.09 bits per heavy atom. The normalized spacial score (nSPS) is 11.2. The van der Waals surface area contributed by atoms with Crippen LogP contribution in [0.2, 0.25) is 0 Å². The van der Waals surface area contributed by atoms with Crippen molar-refractivity contribution in [2.24, 2.45) is 5.73 Å². The summed E-state index contributed by atoms with van der Waals surface area (Å²) in [5, 5.41) is 0. The van der Waals surface area contributed by atoms with Gasteiger partial charge in [-0.15, -0.1) is 0 Å². The average Bonchev–Trinajstić information content (AvgIpc) is 2.82. The van der Waals surface area contributed by atoms with E-state index in [1.807, 2.05) is 13.8 Å². The van der Waals surface area contributed by atoms with Crippen molar-refractivity contribution in [2.45, 2.75) is 19.9 Å². The van der Waals surface area contributed by atoms with Gasteiger partial charge in [-0.05, 0) is 26.0 Å². The molecule has 0 radical (unpaired) electrons. The molecule has 1 amide bonds. The first-order valence-electron chi connectivity index (χ1n) is 6.72. The van der Waals surface area contributed by atoms with Crippen LogP contribution >= 0.6 is 0 Å². The number of H-pyrrole nitrogens is 1. The predicted octanol–water partition coefficient (Wildman–Crippen LogP) is 0.861. The molecule has 0 saturated carbocycles. The van der Waals surface area contributed by atoms with Gasteiger partial charge in [0, 0.05) is 12.2 Å². The minimum atomic E-state index is -0.735. The van der Waals surface area contributed by atoms with Crippen LogP contribution in [0.25, 0.3) is 22.7 Å². The largest absolute Gasteiger partial charge is 0.364 e. The number of pyridine rings is 1. The molecule has 0 fully saturated rings. The number of imidazole rings is 1. The Kier molecular flexibility index (Phi) is 3.21. The second kappa shape index (κ2) is 5.06. The highest BCUT2D eigenvalue weighted by atomic mass is 16.2. The van der Waals surface area contributed by atoms with E-state index in [1.54, 1.807) is 24.4 Å². The molecule has 0 atom stereocenters. The summed E-state index contributed by atoms with van der Waals surface area (Å²) in [7, 11) is 0. The highest BCUT2D eigenvalue weighted by molar-refractivity contribution is 6.01. The number of primary amides is 1. The standard InChI is InChI=1S/C14H14N6O2/c1-7(2)20-13-10(18-14(20)22)9(11(15)21)17-12(19-13)8-5-3-4-6-16-8/h3-7H,1-2H3,(H2,15,21)(H,18,22). The molecule has 0 aliphatic carbocycles. The second-order valence-corrected chi connectivity index (χ2v) is 5.07. The first-order chi connectivity index (χ1) is 10.5. The summed E-state index contributed by atoms with van der Waals surface area (Å²) in [6.45, 7) is 3.70. The summed E-state index contributed by atoms with van der Waals surface area (Å²) in [5.41, 5.74) is 6.07. The van der Waals surface area contributed by atoms with Crippen LogP contribution in [0, 0.1) is 0 Å². The molecule has 0 unspecified atom stereocenters. The molecule has 112 valence electrons. The van der Waals surface area contributed by atoms with Crippen molar-refractivity contribution in [3.8, 4) is 11.5 Å². The van der Waals surface area contributed by atoms with Crippen molar-refractivity contribution < 1.29 is 4.79 Å². The van der Waals surface area contributed by atoms with Crippen LogP contribution in [0.3, 0.4) is 0 Å². The Labute approximate surface area is 125 Å². The zero-order chi connectivity index (χ0) is 15.9. The van der Waals surface area contributed by atoms with Gasteiger partial charge in [-0.25, -0.2) is 14.8 Å². The topological polar surface area (TPSA) is 120 Å². The summed E-state index contributed by atoms with van der Waals surface area (Å²) in [6, 6.07) is 5.13. The molecule has 0 aliphatic rings. The highest BCUT2D eigenvalue weighted by Crippen LogP contribution is 2.20. The number of aromatic amines is 1. The maximum atomic E-state index is 12.1. The lowest BCUT2D eigenvalue weighted by atomic mass is 10.3. The number of amides is 1. The van der Waals surface area contributed by atoms with Gasteiger partial charge in [0.15, 0.2) is 17.2 Å². The van der Waals surface area contributed by atoms with Crippen LogP contribution in [0.15, 0.2) is 29.2 Å². The molecule has 0 aromatic carbocycles. The predicted molar refractivity (Wildman–Crippen MR) is 80.3 cm³/mol. The smallest absolute Gasteiger partial charge is 0.327 e. The Bertz CT molecular complexity index is 910. The number of hydrogen-bond donors (Lipinski definition) is 2. The molecule has 0 bridgehead atoms. The van der Waals surface area contributed by atoms with Gasteiger partial charge in [-0.1, -0.05) is 6.07 Å². The lowest BCUT2D eigenvalue weighted by Gasteiger charge is -2.08. The van der Waals surface area contributed by atoms with Crippen LogP contribution < -0.4 is 11.4 Å². The lowest BCUT2D eigenvalue weighted by molar-refractivity contribution is 0.0997. The maximum absolute atomic E-state index is 12.1. The zero-order valence-corrected chi connectivity index (χ0v) is 12.1. The number of nitrogens with two attached hydrogens (primary N) is 1. The number of nitrogens with zero attached hydrogens (tertiary/aromatic N) is 4. The summed E-state index contributed by atoms with van der Waals surface area (Å²) in [6.07, 6.45) is 1.60. The molecule has 3 heterocycles. The van der Waals surface area contributed by atoms with E-state index in [2.05, 4.69) is 19.9 Å². The van der Waals surface area contributed by atoms with Crippen LogP contribution in [-0.4, -0.2) is 30.4 Å². The van der Waals surface area contributed by atoms with Crippen LogP contribution in [0.1, 0.15) is 30.4 Å². The molecule has 3 aromatic rings. The summed E-state index contributed by atoms with van der Waals surface area (Å²) in [5.74, 6) is -0.489. The molecule has 3 aromatic heterocycles. The third-order valence-electron chi connectivity index (χ3n) is 3.21. The van der Waals surface area contributed by atoms with Crippen molar-refractivity contribution in [2.75, 3.05) is 0 Å². The monoisotopic (exact) mass is 298 g/mol. The summed E-state index contributed by atoms with van der Waals surface area (Å²) < 4.78 is 1.45. The van der Waals surface area contributed by atoms with Gasteiger partial charge >= 0.3 is 5.69 Å². The molecule has 22 heavy (non-hydrogen) atoms. The third-order valence-corrected chi connectivity index (χ3v) is 3.21. The summed E-state index contributed by atoms with van der Waals surface area (Å²) in [4.78, 5) is 39.0. The fourth-order valence-corrected chi connectivity index (χ4v) is 2.27. The molecular formula is C14H14N6O2. The molecular weight excluding hydrogens is 284 g/mol. The molecule has 8 nitrogen and oxygen atoms in total. The van der Waals surface area contributed by atoms with E-state index in [4.69, 9.17) is 5.73 Å². The van der Waals surface area contributed by atoms with Crippen LogP contribution in [-0.2, 0) is 0 Å². The van der Waals surface area contributed by atoms with E-state index in [-0.39, 0.29) is 28.8 Å². The Balaban J connectivity index is 2.40. The van der Waals surface area contributed by atoms with Gasteiger partial charge in [0.25, 0.3) is 5.91 Å². The number of nitrogens with one attached hydrogen (secondary N) is 1. The van der Waals surface area contributed by atoms with Crippen molar-refractivity contribution in [3.63, 3.8) is 0 Å². The van der Waals surface area contributed by atoms with E-state index >= 15 is 0 Å². The van der Waals surface area contributed by atoms with E-state index in [1.165, 1.54) is 4.57 Å². The van der Waals surface area contributed by atoms with Crippen LogP contribution in [0.5, 0.6) is 0 Å². The average molecular weight is 298 g/mol. The van der Waals surface area contributed by atoms with Crippen molar-refractivity contribution in [3.05, 3.63) is 40.6 Å². The SMILES string of the molecule is CC(C)n1c(=O)[nH]c2c(C(N)=O)nc(-c3ccccn3)nc21. The molecule has 0 spiro atoms. The molecule has 3 rings (SSSR count). The number of hydrogen-bond acceptors (Lipinski definition) is 5. The second-order valence-electron chi connectivity index (χ2n) is 5.07. The number of carbonyl (C=O) groups excluding carboxylic acids is 1. The summed E-state index contributed by atoms with van der Waals surface area (Å²) >= 11 is 0. The minimum absolute atomic E-state index is 0.0258. The molecule has 3 N–H and O–H groups in total. The number of fused-ring (bicyclic) bond motifs is 1. The zero-order valence-electron chi connectivity index (χ0n) is 12.1. The first kappa shape index (κ1) is 13.9. The van der Waals surface area contributed by atoms with E-state index in [9.17, 15) is 9.59 Å². The van der Waals surface area contributed by atoms with Gasteiger partial charge in [-0.2, -0.15) is 0 Å². The van der Waals surface area contributed by atoms with Gasteiger partial charge in [0.05, 0.1) is 0 Å². The van der Waals surface area contributed by atoms with Gasteiger partial charge in [-0.3, -0.25) is 14.3 Å². The Hall–Kier alpha value is -3.03. The lowest BCUT2D eigenvalue weighted by Crippen LogP contribution is -2.18. The van der Waals surface area contributed by atoms with Crippen LogP contribution in [0.4, 0.5) is 0 Å². The van der Waals surface area contributed by atoms with Crippen molar-refractivity contribution in [1.29, 1.82) is 0 Å². The first-order valence-corrected chi connectivity index (χ1v) is 6.72. The van der Waals surface area contributed by atoms with Crippen molar-refractivity contribution >= 4 is 17.1 Å². The van der Waals surface area contributed by atoms with E-state index in [0.717, 1.165) is 0 Å². The van der Waals surface area contributed by atoms with E-state index in [0.29, 0.717) is 11.3 Å².